The molecule has 27 heavy (non-hydrogen) atoms. The van der Waals surface area contributed by atoms with Crippen molar-refractivity contribution in [3.8, 4) is 5.75 Å². The molecule has 2 amide bonds. The summed E-state index contributed by atoms with van der Waals surface area (Å²) in [7, 11) is 1.59. The third-order valence-electron chi connectivity index (χ3n) is 4.53. The number of anilines is 2. The Bertz CT molecular complexity index is 800. The van der Waals surface area contributed by atoms with Gasteiger partial charge in [0.1, 0.15) is 5.75 Å². The van der Waals surface area contributed by atoms with Crippen LogP contribution in [0.25, 0.3) is 0 Å². The van der Waals surface area contributed by atoms with E-state index < -0.39 is 0 Å². The highest BCUT2D eigenvalue weighted by Crippen LogP contribution is 2.21. The molecule has 1 saturated heterocycles. The van der Waals surface area contributed by atoms with Crippen molar-refractivity contribution in [2.75, 3.05) is 37.4 Å². The van der Waals surface area contributed by atoms with Crippen LogP contribution >= 0.6 is 11.3 Å². The van der Waals surface area contributed by atoms with E-state index in [0.29, 0.717) is 23.1 Å². The molecule has 0 atom stereocenters. The second-order valence-corrected chi connectivity index (χ2v) is 7.47. The molecule has 8 heteroatoms. The number of nitrogens with one attached hydrogen (secondary N) is 2. The average Bonchev–Trinajstić information content (AvgIpc) is 3.07. The van der Waals surface area contributed by atoms with Gasteiger partial charge in [-0.05, 0) is 45.0 Å². The van der Waals surface area contributed by atoms with Crippen LogP contribution in [0.5, 0.6) is 5.75 Å². The second kappa shape index (κ2) is 8.96. The Morgan fingerprint density at radius 1 is 1.30 bits per heavy atom. The number of likely N-dealkylation sites (tertiary alicyclic amines) is 1. The minimum absolute atomic E-state index is 0.0184. The molecule has 2 N–H and O–H groups in total. The number of carbonyl (C=O) groups is 2. The first-order valence-electron chi connectivity index (χ1n) is 8.93. The van der Waals surface area contributed by atoms with Gasteiger partial charge < -0.3 is 15.4 Å². The fourth-order valence-electron chi connectivity index (χ4n) is 3.08. The molecule has 0 saturated carbocycles. The van der Waals surface area contributed by atoms with E-state index in [4.69, 9.17) is 4.74 Å². The molecule has 0 aliphatic carbocycles. The monoisotopic (exact) mass is 388 g/mol. The number of rotatable bonds is 6. The van der Waals surface area contributed by atoms with E-state index in [0.717, 1.165) is 31.6 Å². The van der Waals surface area contributed by atoms with Gasteiger partial charge in [-0.3, -0.25) is 14.5 Å². The third-order valence-corrected chi connectivity index (χ3v) is 5.40. The highest BCUT2D eigenvalue weighted by atomic mass is 32.1. The molecule has 1 aliphatic rings. The molecular formula is C19H24N4O3S. The van der Waals surface area contributed by atoms with Crippen molar-refractivity contribution in [1.82, 2.24) is 9.88 Å². The van der Waals surface area contributed by atoms with Crippen LogP contribution < -0.4 is 15.4 Å². The van der Waals surface area contributed by atoms with Gasteiger partial charge in [0.25, 0.3) is 0 Å². The van der Waals surface area contributed by atoms with Crippen LogP contribution in [0.2, 0.25) is 0 Å². The number of benzene rings is 1. The number of ether oxygens (including phenoxy) is 1. The number of piperidine rings is 1. The molecule has 3 rings (SSSR count). The lowest BCUT2D eigenvalue weighted by Crippen LogP contribution is -2.41. The Morgan fingerprint density at radius 2 is 2.07 bits per heavy atom. The average molecular weight is 388 g/mol. The van der Waals surface area contributed by atoms with Crippen LogP contribution in [-0.4, -0.2) is 48.4 Å². The molecule has 7 nitrogen and oxygen atoms in total. The number of hydrogen-bond acceptors (Lipinski definition) is 6. The van der Waals surface area contributed by atoms with Gasteiger partial charge in [0.15, 0.2) is 5.13 Å². The third kappa shape index (κ3) is 5.51. The van der Waals surface area contributed by atoms with Gasteiger partial charge in [0, 0.05) is 23.1 Å². The molecule has 1 aromatic heterocycles. The van der Waals surface area contributed by atoms with Crippen molar-refractivity contribution < 1.29 is 14.3 Å². The molecule has 0 bridgehead atoms. The zero-order chi connectivity index (χ0) is 19.2. The summed E-state index contributed by atoms with van der Waals surface area (Å²) in [5.74, 6) is 0.621. The predicted octanol–water partition coefficient (Wildman–Crippen LogP) is 2.75. The summed E-state index contributed by atoms with van der Waals surface area (Å²) < 4.78 is 5.16. The van der Waals surface area contributed by atoms with Crippen molar-refractivity contribution >= 4 is 34.0 Å². The summed E-state index contributed by atoms with van der Waals surface area (Å²) >= 11 is 1.44. The summed E-state index contributed by atoms with van der Waals surface area (Å²) in [6.07, 6.45) is 1.48. The van der Waals surface area contributed by atoms with Crippen LogP contribution in [0.3, 0.4) is 0 Å². The standard InChI is InChI=1S/C19H24N4O3S/c1-13-12-27-19(20-13)22-18(25)14-6-8-23(9-7-14)11-17(24)21-15-4-3-5-16(10-15)26-2/h3-5,10,12,14H,6-9,11H2,1-2H3,(H,21,24)(H,20,22,25). The quantitative estimate of drug-likeness (QED) is 0.795. The molecular weight excluding hydrogens is 364 g/mol. The lowest BCUT2D eigenvalue weighted by Gasteiger charge is -2.30. The van der Waals surface area contributed by atoms with E-state index in [1.54, 1.807) is 13.2 Å². The summed E-state index contributed by atoms with van der Waals surface area (Å²) in [6.45, 7) is 3.67. The maximum absolute atomic E-state index is 12.4. The fraction of sp³-hybridized carbons (Fsp3) is 0.421. The zero-order valence-corrected chi connectivity index (χ0v) is 16.3. The summed E-state index contributed by atoms with van der Waals surface area (Å²) in [5, 5.41) is 8.34. The van der Waals surface area contributed by atoms with E-state index in [1.165, 1.54) is 11.3 Å². The Balaban J connectivity index is 1.43. The van der Waals surface area contributed by atoms with Gasteiger partial charge in [-0.1, -0.05) is 6.07 Å². The molecule has 0 unspecified atom stereocenters. The summed E-state index contributed by atoms with van der Waals surface area (Å²) in [4.78, 5) is 31.0. The Hall–Kier alpha value is -2.45. The predicted molar refractivity (Wildman–Crippen MR) is 106 cm³/mol. The maximum Gasteiger partial charge on any atom is 0.238 e. The van der Waals surface area contributed by atoms with Crippen molar-refractivity contribution in [3.63, 3.8) is 0 Å². The summed E-state index contributed by atoms with van der Waals surface area (Å²) in [6, 6.07) is 7.28. The second-order valence-electron chi connectivity index (χ2n) is 6.61. The zero-order valence-electron chi connectivity index (χ0n) is 15.5. The van der Waals surface area contributed by atoms with Crippen molar-refractivity contribution in [2.24, 2.45) is 5.92 Å². The van der Waals surface area contributed by atoms with Crippen LogP contribution in [0.15, 0.2) is 29.6 Å². The number of methoxy groups -OCH3 is 1. The first kappa shape index (κ1) is 19.3. The fourth-order valence-corrected chi connectivity index (χ4v) is 3.77. The first-order chi connectivity index (χ1) is 13.0. The van der Waals surface area contributed by atoms with Gasteiger partial charge in [0.05, 0.1) is 19.3 Å². The molecule has 1 fully saturated rings. The number of aromatic nitrogens is 1. The van der Waals surface area contributed by atoms with Crippen LogP contribution in [-0.2, 0) is 9.59 Å². The molecule has 1 aromatic carbocycles. The number of nitrogens with zero attached hydrogens (tertiary/aromatic N) is 2. The largest absolute Gasteiger partial charge is 0.497 e. The smallest absolute Gasteiger partial charge is 0.238 e. The van der Waals surface area contributed by atoms with Gasteiger partial charge in [0.2, 0.25) is 11.8 Å². The van der Waals surface area contributed by atoms with Gasteiger partial charge in [-0.25, -0.2) is 4.98 Å². The minimum atomic E-state index is -0.0654. The normalized spacial score (nSPS) is 15.3. The number of hydrogen-bond donors (Lipinski definition) is 2. The Morgan fingerprint density at radius 3 is 2.74 bits per heavy atom. The molecule has 1 aliphatic heterocycles. The lowest BCUT2D eigenvalue weighted by molar-refractivity contribution is -0.121. The molecule has 144 valence electrons. The number of thiazole rings is 1. The molecule has 2 heterocycles. The molecule has 0 radical (unpaired) electrons. The van der Waals surface area contributed by atoms with Crippen molar-refractivity contribution in [2.45, 2.75) is 19.8 Å². The summed E-state index contributed by atoms with van der Waals surface area (Å²) in [5.41, 5.74) is 1.62. The van der Waals surface area contributed by atoms with Gasteiger partial charge >= 0.3 is 0 Å². The SMILES string of the molecule is COc1cccc(NC(=O)CN2CCC(C(=O)Nc3nc(C)cs3)CC2)c1. The minimum Gasteiger partial charge on any atom is -0.497 e. The van der Waals surface area contributed by atoms with Crippen LogP contribution in [0, 0.1) is 12.8 Å². The van der Waals surface area contributed by atoms with Crippen LogP contribution in [0.1, 0.15) is 18.5 Å². The first-order valence-corrected chi connectivity index (χ1v) is 9.80. The maximum atomic E-state index is 12.4. The number of aryl methyl sites for hydroxylation is 1. The van der Waals surface area contributed by atoms with Gasteiger partial charge in [-0.2, -0.15) is 0 Å². The number of amides is 2. The van der Waals surface area contributed by atoms with E-state index in [1.807, 2.05) is 30.5 Å². The molecule has 2 aromatic rings. The highest BCUT2D eigenvalue weighted by molar-refractivity contribution is 7.13. The van der Waals surface area contributed by atoms with Gasteiger partial charge in [-0.15, -0.1) is 11.3 Å². The molecule has 0 spiro atoms. The highest BCUT2D eigenvalue weighted by Gasteiger charge is 2.26. The Labute approximate surface area is 162 Å². The van der Waals surface area contributed by atoms with Crippen LogP contribution in [0.4, 0.5) is 10.8 Å². The number of carbonyl (C=O) groups excluding carboxylic acids is 2. The van der Waals surface area contributed by atoms with Crippen molar-refractivity contribution in [3.05, 3.63) is 35.3 Å². The van der Waals surface area contributed by atoms with E-state index in [2.05, 4.69) is 20.5 Å². The van der Waals surface area contributed by atoms with E-state index >= 15 is 0 Å². The van der Waals surface area contributed by atoms with E-state index in [9.17, 15) is 9.59 Å². The Kier molecular flexibility index (Phi) is 6.41. The van der Waals surface area contributed by atoms with Crippen molar-refractivity contribution in [1.29, 1.82) is 0 Å². The van der Waals surface area contributed by atoms with E-state index in [-0.39, 0.29) is 17.7 Å². The topological polar surface area (TPSA) is 83.6 Å². The lowest BCUT2D eigenvalue weighted by atomic mass is 9.96.